The maximum absolute atomic E-state index is 12.1. The van der Waals surface area contributed by atoms with Crippen LogP contribution in [0.15, 0.2) is 30.3 Å². The molecule has 1 heterocycles. The van der Waals surface area contributed by atoms with Crippen molar-refractivity contribution in [3.8, 4) is 12.3 Å². The van der Waals surface area contributed by atoms with E-state index in [1.54, 1.807) is 24.3 Å². The Morgan fingerprint density at radius 2 is 2.06 bits per heavy atom. The van der Waals surface area contributed by atoms with Gasteiger partial charge in [0.15, 0.2) is 0 Å². The first-order valence-corrected chi connectivity index (χ1v) is 5.82. The molecular weight excluding hydrogens is 228 g/mol. The van der Waals surface area contributed by atoms with Crippen LogP contribution in [-0.2, 0) is 9.59 Å². The van der Waals surface area contributed by atoms with Gasteiger partial charge in [0.25, 0.3) is 5.91 Å². The zero-order valence-corrected chi connectivity index (χ0v) is 9.93. The highest BCUT2D eigenvalue weighted by atomic mass is 16.2. The third-order valence-electron chi connectivity index (χ3n) is 2.82. The molecule has 0 aromatic heterocycles. The number of imide groups is 1. The highest BCUT2D eigenvalue weighted by Gasteiger charge is 2.38. The summed E-state index contributed by atoms with van der Waals surface area (Å²) in [5, 5.41) is 3.01. The van der Waals surface area contributed by atoms with Gasteiger partial charge in [0.1, 0.15) is 0 Å². The number of benzene rings is 1. The Morgan fingerprint density at radius 3 is 2.72 bits per heavy atom. The summed E-state index contributed by atoms with van der Waals surface area (Å²) in [5.74, 6) is 2.11. The Balaban J connectivity index is 2.08. The Labute approximate surface area is 106 Å². The number of nitrogens with one attached hydrogen (secondary N) is 1. The molecule has 1 fully saturated rings. The number of amides is 2. The maximum Gasteiger partial charge on any atom is 0.251 e. The Morgan fingerprint density at radius 1 is 1.33 bits per heavy atom. The molecular formula is C14H14N2O2. The number of carbonyl (C=O) groups excluding carboxylic acids is 2. The van der Waals surface area contributed by atoms with Gasteiger partial charge < -0.3 is 5.32 Å². The van der Waals surface area contributed by atoms with Crippen LogP contribution < -0.4 is 10.2 Å². The topological polar surface area (TPSA) is 49.4 Å². The average Bonchev–Trinajstić information content (AvgIpc) is 2.66. The number of hydrogen-bond acceptors (Lipinski definition) is 3. The van der Waals surface area contributed by atoms with E-state index >= 15 is 0 Å². The lowest BCUT2D eigenvalue weighted by Gasteiger charge is -2.15. The van der Waals surface area contributed by atoms with Gasteiger partial charge in [-0.05, 0) is 12.1 Å². The number of anilines is 1. The lowest BCUT2D eigenvalue weighted by atomic mass is 10.2. The van der Waals surface area contributed by atoms with Gasteiger partial charge in [-0.2, -0.15) is 0 Å². The van der Waals surface area contributed by atoms with Gasteiger partial charge in [-0.15, -0.1) is 12.3 Å². The molecule has 0 aliphatic carbocycles. The minimum atomic E-state index is -0.453. The highest BCUT2D eigenvalue weighted by molar-refractivity contribution is 6.22. The van der Waals surface area contributed by atoms with Crippen LogP contribution in [0.4, 0.5) is 5.69 Å². The van der Waals surface area contributed by atoms with Crippen molar-refractivity contribution >= 4 is 17.5 Å². The number of para-hydroxylation sites is 1. The predicted octanol–water partition coefficient (Wildman–Crippen LogP) is 0.931. The molecule has 1 N–H and O–H groups in total. The average molecular weight is 242 g/mol. The number of hydrogen-bond donors (Lipinski definition) is 1. The van der Waals surface area contributed by atoms with E-state index in [4.69, 9.17) is 6.42 Å². The third kappa shape index (κ3) is 2.41. The SMILES string of the molecule is C#CCCNC1CC(=O)N(c2ccccc2)C1=O. The first kappa shape index (κ1) is 12.3. The van der Waals surface area contributed by atoms with Crippen molar-refractivity contribution in [1.29, 1.82) is 0 Å². The summed E-state index contributed by atoms with van der Waals surface area (Å²) in [6.45, 7) is 0.544. The van der Waals surface area contributed by atoms with E-state index in [2.05, 4.69) is 11.2 Å². The van der Waals surface area contributed by atoms with Crippen molar-refractivity contribution < 1.29 is 9.59 Å². The zero-order chi connectivity index (χ0) is 13.0. The monoisotopic (exact) mass is 242 g/mol. The summed E-state index contributed by atoms with van der Waals surface area (Å²) < 4.78 is 0. The molecule has 1 aromatic carbocycles. The van der Waals surface area contributed by atoms with E-state index in [9.17, 15) is 9.59 Å². The molecule has 18 heavy (non-hydrogen) atoms. The van der Waals surface area contributed by atoms with Gasteiger partial charge >= 0.3 is 0 Å². The fourth-order valence-corrected chi connectivity index (χ4v) is 1.96. The van der Waals surface area contributed by atoms with Crippen molar-refractivity contribution in [1.82, 2.24) is 5.32 Å². The quantitative estimate of drug-likeness (QED) is 0.485. The van der Waals surface area contributed by atoms with E-state index in [1.165, 1.54) is 4.90 Å². The largest absolute Gasteiger partial charge is 0.304 e. The fraction of sp³-hybridized carbons (Fsp3) is 0.286. The highest BCUT2D eigenvalue weighted by Crippen LogP contribution is 2.22. The molecule has 1 atom stereocenters. The van der Waals surface area contributed by atoms with Crippen molar-refractivity contribution in [2.75, 3.05) is 11.4 Å². The molecule has 1 saturated heterocycles. The van der Waals surface area contributed by atoms with Gasteiger partial charge in [-0.25, -0.2) is 4.90 Å². The molecule has 92 valence electrons. The van der Waals surface area contributed by atoms with Crippen molar-refractivity contribution in [3.05, 3.63) is 30.3 Å². The molecule has 1 unspecified atom stereocenters. The molecule has 0 saturated carbocycles. The molecule has 4 heteroatoms. The molecule has 4 nitrogen and oxygen atoms in total. The van der Waals surface area contributed by atoms with Gasteiger partial charge in [0.2, 0.25) is 5.91 Å². The standard InChI is InChI=1S/C14H14N2O2/c1-2-3-9-15-12-10-13(17)16(14(12)18)11-7-5-4-6-8-11/h1,4-8,12,15H,3,9-10H2. The molecule has 0 bridgehead atoms. The predicted molar refractivity (Wildman–Crippen MR) is 68.8 cm³/mol. The minimum Gasteiger partial charge on any atom is -0.304 e. The zero-order valence-electron chi connectivity index (χ0n) is 9.93. The molecule has 0 radical (unpaired) electrons. The summed E-state index contributed by atoms with van der Waals surface area (Å²) in [4.78, 5) is 25.2. The first-order valence-electron chi connectivity index (χ1n) is 5.82. The van der Waals surface area contributed by atoms with Crippen LogP contribution >= 0.6 is 0 Å². The number of terminal acetylenes is 1. The van der Waals surface area contributed by atoms with E-state index in [1.807, 2.05) is 6.07 Å². The summed E-state index contributed by atoms with van der Waals surface area (Å²) in [7, 11) is 0. The lowest BCUT2D eigenvalue weighted by Crippen LogP contribution is -2.39. The van der Waals surface area contributed by atoms with Crippen LogP contribution in [0.25, 0.3) is 0 Å². The van der Waals surface area contributed by atoms with Crippen LogP contribution in [0, 0.1) is 12.3 Å². The summed E-state index contributed by atoms with van der Waals surface area (Å²) in [5.41, 5.74) is 0.619. The van der Waals surface area contributed by atoms with E-state index in [0.717, 1.165) is 0 Å². The molecule has 2 rings (SSSR count). The van der Waals surface area contributed by atoms with Crippen LogP contribution in [-0.4, -0.2) is 24.4 Å². The second kappa shape index (κ2) is 5.48. The Kier molecular flexibility index (Phi) is 3.75. The van der Waals surface area contributed by atoms with Crippen LogP contribution in [0.2, 0.25) is 0 Å². The van der Waals surface area contributed by atoms with Crippen LogP contribution in [0.5, 0.6) is 0 Å². The maximum atomic E-state index is 12.1. The minimum absolute atomic E-state index is 0.176. The van der Waals surface area contributed by atoms with E-state index in [-0.39, 0.29) is 18.2 Å². The van der Waals surface area contributed by atoms with Gasteiger partial charge in [-0.1, -0.05) is 18.2 Å². The lowest BCUT2D eigenvalue weighted by molar-refractivity contribution is -0.121. The van der Waals surface area contributed by atoms with Gasteiger partial charge in [0, 0.05) is 13.0 Å². The van der Waals surface area contributed by atoms with E-state index < -0.39 is 6.04 Å². The van der Waals surface area contributed by atoms with Crippen LogP contribution in [0.3, 0.4) is 0 Å². The second-order valence-electron chi connectivity index (χ2n) is 4.07. The fourth-order valence-electron chi connectivity index (χ4n) is 1.96. The molecule has 1 aromatic rings. The van der Waals surface area contributed by atoms with Crippen LogP contribution in [0.1, 0.15) is 12.8 Å². The molecule has 0 spiro atoms. The van der Waals surface area contributed by atoms with Gasteiger partial charge in [0.05, 0.1) is 18.2 Å². The number of carbonyl (C=O) groups is 2. The summed E-state index contributed by atoms with van der Waals surface area (Å²) >= 11 is 0. The van der Waals surface area contributed by atoms with E-state index in [0.29, 0.717) is 18.7 Å². The van der Waals surface area contributed by atoms with Crippen molar-refractivity contribution in [2.45, 2.75) is 18.9 Å². The second-order valence-corrected chi connectivity index (χ2v) is 4.07. The van der Waals surface area contributed by atoms with Crippen molar-refractivity contribution in [2.24, 2.45) is 0 Å². The summed E-state index contributed by atoms with van der Waals surface area (Å²) in [6.07, 6.45) is 5.88. The first-order chi connectivity index (χ1) is 8.74. The molecule has 2 amide bonds. The Bertz CT molecular complexity index is 490. The third-order valence-corrected chi connectivity index (χ3v) is 2.82. The van der Waals surface area contributed by atoms with Gasteiger partial charge in [-0.3, -0.25) is 9.59 Å². The smallest absolute Gasteiger partial charge is 0.251 e. The molecule has 1 aliphatic heterocycles. The van der Waals surface area contributed by atoms with Crippen molar-refractivity contribution in [3.63, 3.8) is 0 Å². The number of rotatable bonds is 4. The summed E-state index contributed by atoms with van der Waals surface area (Å²) in [6, 6.07) is 8.49. The molecule has 1 aliphatic rings. The normalized spacial score (nSPS) is 19.1. The number of nitrogens with zero attached hydrogens (tertiary/aromatic N) is 1. The Hall–Kier alpha value is -2.12.